The van der Waals surface area contributed by atoms with Crippen LogP contribution >= 0.6 is 0 Å². The summed E-state index contributed by atoms with van der Waals surface area (Å²) < 4.78 is 1.97. The second kappa shape index (κ2) is 6.09. The van der Waals surface area contributed by atoms with Gasteiger partial charge in [0.25, 0.3) is 0 Å². The van der Waals surface area contributed by atoms with Gasteiger partial charge in [-0.1, -0.05) is 18.2 Å². The molecule has 0 fully saturated rings. The quantitative estimate of drug-likeness (QED) is 0.803. The first-order chi connectivity index (χ1) is 11.7. The summed E-state index contributed by atoms with van der Waals surface area (Å²) in [6.45, 7) is 2.71. The van der Waals surface area contributed by atoms with Crippen LogP contribution in [-0.2, 0) is 30.8 Å². The molecule has 4 rings (SSSR count). The van der Waals surface area contributed by atoms with Gasteiger partial charge >= 0.3 is 5.97 Å². The molecule has 2 aromatic heterocycles. The smallest absolute Gasteiger partial charge is 0.323 e. The molecule has 3 heterocycles. The summed E-state index contributed by atoms with van der Waals surface area (Å²) in [5.74, 6) is -0.794. The highest BCUT2D eigenvalue weighted by atomic mass is 16.4. The van der Waals surface area contributed by atoms with Crippen molar-refractivity contribution in [1.82, 2.24) is 14.5 Å². The molecule has 0 saturated heterocycles. The van der Waals surface area contributed by atoms with Crippen LogP contribution in [0.3, 0.4) is 0 Å². The lowest BCUT2D eigenvalue weighted by Crippen LogP contribution is -2.31. The fourth-order valence-corrected chi connectivity index (χ4v) is 3.65. The third-order valence-electron chi connectivity index (χ3n) is 4.69. The summed E-state index contributed by atoms with van der Waals surface area (Å²) >= 11 is 0. The summed E-state index contributed by atoms with van der Waals surface area (Å²) in [6.07, 6.45) is 4.52. The van der Waals surface area contributed by atoms with Crippen molar-refractivity contribution in [3.05, 3.63) is 65.6 Å². The molecule has 1 aliphatic heterocycles. The second-order valence-corrected chi connectivity index (χ2v) is 6.24. The Morgan fingerprint density at radius 3 is 2.75 bits per heavy atom. The van der Waals surface area contributed by atoms with Crippen LogP contribution in [0.15, 0.2) is 48.8 Å². The zero-order valence-electron chi connectivity index (χ0n) is 13.4. The van der Waals surface area contributed by atoms with Crippen LogP contribution in [0.1, 0.15) is 16.8 Å². The maximum absolute atomic E-state index is 11.3. The van der Waals surface area contributed by atoms with E-state index >= 15 is 0 Å². The van der Waals surface area contributed by atoms with E-state index in [4.69, 9.17) is 0 Å². The van der Waals surface area contributed by atoms with Gasteiger partial charge < -0.3 is 9.67 Å². The summed E-state index contributed by atoms with van der Waals surface area (Å²) in [6, 6.07) is 12.2. The van der Waals surface area contributed by atoms with Crippen LogP contribution in [0.2, 0.25) is 0 Å². The number of hydrogen-bond acceptors (Lipinski definition) is 3. The van der Waals surface area contributed by atoms with E-state index in [9.17, 15) is 9.90 Å². The fourth-order valence-electron chi connectivity index (χ4n) is 3.65. The highest BCUT2D eigenvalue weighted by Gasteiger charge is 2.24. The minimum absolute atomic E-state index is 0.0280. The van der Waals surface area contributed by atoms with Crippen LogP contribution in [0.5, 0.6) is 0 Å². The Morgan fingerprint density at radius 1 is 1.17 bits per heavy atom. The Bertz CT molecular complexity index is 886. The number of nitrogens with zero attached hydrogens (tertiary/aromatic N) is 3. The van der Waals surface area contributed by atoms with Gasteiger partial charge in [0.2, 0.25) is 0 Å². The van der Waals surface area contributed by atoms with Gasteiger partial charge in [-0.15, -0.1) is 0 Å². The molecule has 24 heavy (non-hydrogen) atoms. The van der Waals surface area contributed by atoms with Crippen LogP contribution in [0.4, 0.5) is 0 Å². The summed E-state index contributed by atoms with van der Waals surface area (Å²) in [5, 5.41) is 10.4. The van der Waals surface area contributed by atoms with E-state index in [1.165, 1.54) is 22.2 Å². The number of hydrogen-bond donors (Lipinski definition) is 1. The highest BCUT2D eigenvalue weighted by Crippen LogP contribution is 2.31. The van der Waals surface area contributed by atoms with Gasteiger partial charge in [-0.25, -0.2) is 0 Å². The van der Waals surface area contributed by atoms with E-state index < -0.39 is 5.97 Å². The minimum Gasteiger partial charge on any atom is -0.480 e. The van der Waals surface area contributed by atoms with Crippen molar-refractivity contribution in [3.63, 3.8) is 0 Å². The molecule has 5 heteroatoms. The van der Waals surface area contributed by atoms with Gasteiger partial charge in [-0.05, 0) is 29.3 Å². The summed E-state index contributed by atoms with van der Waals surface area (Å²) in [4.78, 5) is 17.7. The molecule has 122 valence electrons. The number of aliphatic carboxylic acids is 1. The summed E-state index contributed by atoms with van der Waals surface area (Å²) in [5.41, 5.74) is 4.72. The van der Waals surface area contributed by atoms with E-state index in [2.05, 4.69) is 16.0 Å². The Kier molecular flexibility index (Phi) is 3.78. The molecule has 1 aliphatic rings. The minimum atomic E-state index is -0.794. The third kappa shape index (κ3) is 2.67. The van der Waals surface area contributed by atoms with Crippen molar-refractivity contribution >= 4 is 16.9 Å². The van der Waals surface area contributed by atoms with Crippen molar-refractivity contribution in [2.75, 3.05) is 6.54 Å². The van der Waals surface area contributed by atoms with Crippen LogP contribution in [0, 0.1) is 0 Å². The number of aromatic nitrogens is 2. The van der Waals surface area contributed by atoms with E-state index in [0.717, 1.165) is 31.6 Å². The van der Waals surface area contributed by atoms with Crippen molar-refractivity contribution in [3.8, 4) is 0 Å². The number of para-hydroxylation sites is 1. The average molecular weight is 321 g/mol. The van der Waals surface area contributed by atoms with Gasteiger partial charge in [0.15, 0.2) is 0 Å². The molecule has 1 N–H and O–H groups in total. The molecule has 1 aromatic carbocycles. The lowest BCUT2D eigenvalue weighted by Gasteiger charge is -2.28. The van der Waals surface area contributed by atoms with E-state index in [0.29, 0.717) is 0 Å². The molecule has 5 nitrogen and oxygen atoms in total. The SMILES string of the molecule is O=C(O)Cn1c2c(c3ccccc31)CN(Cc1ccncc1)CC2. The maximum Gasteiger partial charge on any atom is 0.323 e. The van der Waals surface area contributed by atoms with E-state index in [-0.39, 0.29) is 6.54 Å². The zero-order valence-corrected chi connectivity index (χ0v) is 13.4. The number of carboxylic acid groups (broad SMARTS) is 1. The van der Waals surface area contributed by atoms with Crippen molar-refractivity contribution in [2.24, 2.45) is 0 Å². The Balaban J connectivity index is 1.69. The van der Waals surface area contributed by atoms with Crippen LogP contribution in [0.25, 0.3) is 10.9 Å². The van der Waals surface area contributed by atoms with Gasteiger partial charge in [-0.2, -0.15) is 0 Å². The lowest BCUT2D eigenvalue weighted by atomic mass is 10.0. The van der Waals surface area contributed by atoms with Gasteiger partial charge in [0.1, 0.15) is 6.54 Å². The molecular weight excluding hydrogens is 302 g/mol. The largest absolute Gasteiger partial charge is 0.480 e. The van der Waals surface area contributed by atoms with Crippen LogP contribution < -0.4 is 0 Å². The zero-order chi connectivity index (χ0) is 16.5. The van der Waals surface area contributed by atoms with Crippen molar-refractivity contribution in [1.29, 1.82) is 0 Å². The van der Waals surface area contributed by atoms with Crippen molar-refractivity contribution in [2.45, 2.75) is 26.1 Å². The van der Waals surface area contributed by atoms with Gasteiger partial charge in [0.05, 0.1) is 0 Å². The molecule has 0 unspecified atom stereocenters. The second-order valence-electron chi connectivity index (χ2n) is 6.24. The molecule has 3 aromatic rings. The van der Waals surface area contributed by atoms with E-state index in [1.807, 2.05) is 47.3 Å². The number of rotatable bonds is 4. The fraction of sp³-hybridized carbons (Fsp3) is 0.263. The first-order valence-corrected chi connectivity index (χ1v) is 8.14. The number of pyridine rings is 1. The molecule has 0 atom stereocenters. The molecule has 0 bridgehead atoms. The number of carboxylic acids is 1. The molecule has 0 spiro atoms. The predicted molar refractivity (Wildman–Crippen MR) is 91.6 cm³/mol. The molecule has 0 amide bonds. The Morgan fingerprint density at radius 2 is 1.96 bits per heavy atom. The lowest BCUT2D eigenvalue weighted by molar-refractivity contribution is -0.137. The third-order valence-corrected chi connectivity index (χ3v) is 4.69. The van der Waals surface area contributed by atoms with Crippen molar-refractivity contribution < 1.29 is 9.90 Å². The Labute approximate surface area is 140 Å². The average Bonchev–Trinajstić information content (AvgIpc) is 2.89. The maximum atomic E-state index is 11.3. The monoisotopic (exact) mass is 321 g/mol. The first-order valence-electron chi connectivity index (χ1n) is 8.14. The number of benzene rings is 1. The first kappa shape index (κ1) is 14.9. The molecule has 0 aliphatic carbocycles. The normalized spacial score (nSPS) is 14.7. The van der Waals surface area contributed by atoms with Crippen LogP contribution in [-0.4, -0.2) is 32.1 Å². The number of fused-ring (bicyclic) bond motifs is 3. The predicted octanol–water partition coefficient (Wildman–Crippen LogP) is 2.68. The Hall–Kier alpha value is -2.66. The summed E-state index contributed by atoms with van der Waals surface area (Å²) in [7, 11) is 0. The standard InChI is InChI=1S/C19H19N3O2/c23-19(24)13-22-17-4-2-1-3-15(17)16-12-21(10-7-18(16)22)11-14-5-8-20-9-6-14/h1-6,8-9H,7,10-13H2,(H,23,24). The molecule has 0 radical (unpaired) electrons. The van der Waals surface area contributed by atoms with Gasteiger partial charge in [-0.3, -0.25) is 14.7 Å². The van der Waals surface area contributed by atoms with Gasteiger partial charge in [0, 0.05) is 55.0 Å². The highest BCUT2D eigenvalue weighted by molar-refractivity contribution is 5.87. The van der Waals surface area contributed by atoms with E-state index in [1.54, 1.807) is 0 Å². The molecular formula is C19H19N3O2. The number of carbonyl (C=O) groups is 1. The topological polar surface area (TPSA) is 58.4 Å². The molecule has 0 saturated carbocycles.